The quantitative estimate of drug-likeness (QED) is 0.290. The molecule has 0 aliphatic carbocycles. The van der Waals surface area contributed by atoms with Crippen LogP contribution in [-0.4, -0.2) is 11.1 Å². The summed E-state index contributed by atoms with van der Waals surface area (Å²) >= 11 is 0. The predicted octanol–water partition coefficient (Wildman–Crippen LogP) is 5.98. The highest BCUT2D eigenvalue weighted by molar-refractivity contribution is 6.10. The van der Waals surface area contributed by atoms with Crippen LogP contribution in [0.2, 0.25) is 0 Å². The first-order chi connectivity index (χ1) is 18.0. The van der Waals surface area contributed by atoms with Gasteiger partial charge in [0.2, 0.25) is 5.76 Å². The van der Waals surface area contributed by atoms with Crippen molar-refractivity contribution in [1.82, 2.24) is 5.16 Å². The molecular weight excluding hydrogens is 468 g/mol. The molecule has 3 aromatic carbocycles. The first-order valence-corrected chi connectivity index (χ1v) is 12.2. The van der Waals surface area contributed by atoms with Gasteiger partial charge in [0, 0.05) is 6.07 Å². The molecule has 1 unspecified atom stereocenters. The van der Waals surface area contributed by atoms with Gasteiger partial charge in [0.25, 0.3) is 5.91 Å². The average Bonchev–Trinajstić information content (AvgIpc) is 3.48. The third-order valence-electron chi connectivity index (χ3n) is 6.63. The third kappa shape index (κ3) is 3.98. The zero-order chi connectivity index (χ0) is 25.5. The number of hydrogen-bond donors (Lipinski definition) is 0. The van der Waals surface area contributed by atoms with Crippen molar-refractivity contribution in [1.29, 1.82) is 0 Å². The minimum atomic E-state index is -0.752. The molecule has 0 spiro atoms. The van der Waals surface area contributed by atoms with Gasteiger partial charge in [-0.3, -0.25) is 14.5 Å². The first kappa shape index (κ1) is 22.8. The highest BCUT2D eigenvalue weighted by Crippen LogP contribution is 2.41. The Labute approximate surface area is 212 Å². The van der Waals surface area contributed by atoms with Crippen molar-refractivity contribution in [2.45, 2.75) is 32.9 Å². The fraction of sp³-hybridized carbons (Fsp3) is 0.167. The molecule has 1 amide bonds. The molecule has 2 aromatic heterocycles. The maximum absolute atomic E-state index is 13.9. The van der Waals surface area contributed by atoms with E-state index >= 15 is 0 Å². The zero-order valence-electron chi connectivity index (χ0n) is 20.4. The van der Waals surface area contributed by atoms with E-state index in [-0.39, 0.29) is 16.8 Å². The Morgan fingerprint density at radius 1 is 0.946 bits per heavy atom. The summed E-state index contributed by atoms with van der Waals surface area (Å²) in [4.78, 5) is 29.0. The minimum Gasteiger partial charge on any atom is -0.489 e. The van der Waals surface area contributed by atoms with Gasteiger partial charge >= 0.3 is 0 Å². The molecule has 1 aliphatic heterocycles. The molecule has 1 aliphatic rings. The smallest absolute Gasteiger partial charge is 0.296 e. The van der Waals surface area contributed by atoms with Gasteiger partial charge in [0.05, 0.1) is 17.0 Å². The second kappa shape index (κ2) is 9.09. The number of rotatable bonds is 6. The monoisotopic (exact) mass is 492 g/mol. The van der Waals surface area contributed by atoms with Crippen molar-refractivity contribution in [3.05, 3.63) is 123 Å². The van der Waals surface area contributed by atoms with Crippen LogP contribution in [0.5, 0.6) is 5.75 Å². The molecule has 6 rings (SSSR count). The molecule has 0 radical (unpaired) electrons. The van der Waals surface area contributed by atoms with Gasteiger partial charge in [-0.2, -0.15) is 0 Å². The molecule has 0 N–H and O–H groups in total. The van der Waals surface area contributed by atoms with Gasteiger partial charge in [-0.05, 0) is 54.3 Å². The van der Waals surface area contributed by atoms with Crippen LogP contribution in [0.3, 0.4) is 0 Å². The number of aromatic nitrogens is 1. The minimum absolute atomic E-state index is 0.0167. The van der Waals surface area contributed by atoms with E-state index in [0.29, 0.717) is 40.5 Å². The summed E-state index contributed by atoms with van der Waals surface area (Å²) in [5, 5.41) is 4.54. The van der Waals surface area contributed by atoms with E-state index in [2.05, 4.69) is 5.16 Å². The number of aryl methyl sites for hydroxylation is 2. The number of hydrogen-bond acceptors (Lipinski definition) is 6. The standard InChI is InChI=1S/C30H24N2O5/c1-3-19-12-13-24-23(15-19)28(33)26-27(32(30(34)29(26)36-24)25-14-18(2)37-31-25)21-10-7-11-22(16-21)35-17-20-8-5-4-6-9-20/h4-16,27H,3,17H2,1-2H3. The predicted molar refractivity (Wildman–Crippen MR) is 139 cm³/mol. The number of carbonyl (C=O) groups excluding carboxylic acids is 1. The number of fused-ring (bicyclic) bond motifs is 2. The number of nitrogens with zero attached hydrogens (tertiary/aromatic N) is 2. The Morgan fingerprint density at radius 2 is 1.78 bits per heavy atom. The van der Waals surface area contributed by atoms with Crippen LogP contribution in [0.1, 0.15) is 51.5 Å². The summed E-state index contributed by atoms with van der Waals surface area (Å²) < 4.78 is 17.4. The first-order valence-electron chi connectivity index (χ1n) is 12.2. The second-order valence-electron chi connectivity index (χ2n) is 9.08. The summed E-state index contributed by atoms with van der Waals surface area (Å²) in [7, 11) is 0. The van der Waals surface area contributed by atoms with Gasteiger partial charge in [-0.15, -0.1) is 0 Å². The van der Waals surface area contributed by atoms with Crippen molar-refractivity contribution in [2.75, 3.05) is 4.90 Å². The molecule has 37 heavy (non-hydrogen) atoms. The second-order valence-corrected chi connectivity index (χ2v) is 9.08. The van der Waals surface area contributed by atoms with Gasteiger partial charge in [-0.1, -0.05) is 60.6 Å². The Balaban J connectivity index is 1.49. The van der Waals surface area contributed by atoms with E-state index in [1.807, 2.05) is 73.7 Å². The van der Waals surface area contributed by atoms with Crippen LogP contribution in [0.25, 0.3) is 11.0 Å². The number of anilines is 1. The van der Waals surface area contributed by atoms with Gasteiger partial charge in [0.1, 0.15) is 23.7 Å². The van der Waals surface area contributed by atoms with Crippen molar-refractivity contribution >= 4 is 22.7 Å². The molecule has 184 valence electrons. The molecule has 0 saturated carbocycles. The molecule has 5 aromatic rings. The zero-order valence-corrected chi connectivity index (χ0v) is 20.4. The maximum Gasteiger partial charge on any atom is 0.296 e. The van der Waals surface area contributed by atoms with Crippen molar-refractivity contribution in [3.8, 4) is 5.75 Å². The van der Waals surface area contributed by atoms with E-state index in [1.54, 1.807) is 19.1 Å². The molecule has 0 fully saturated rings. The van der Waals surface area contributed by atoms with Crippen LogP contribution < -0.4 is 15.1 Å². The van der Waals surface area contributed by atoms with Crippen molar-refractivity contribution < 1.29 is 18.5 Å². The number of amides is 1. The lowest BCUT2D eigenvalue weighted by Crippen LogP contribution is -2.29. The van der Waals surface area contributed by atoms with E-state index < -0.39 is 11.9 Å². The summed E-state index contributed by atoms with van der Waals surface area (Å²) in [5.74, 6) is 1.06. The molecule has 7 heteroatoms. The Hall–Kier alpha value is -4.65. The lowest BCUT2D eigenvalue weighted by molar-refractivity contribution is 0.0969. The molecular formula is C30H24N2O5. The van der Waals surface area contributed by atoms with Crippen LogP contribution in [-0.2, 0) is 13.0 Å². The van der Waals surface area contributed by atoms with Crippen LogP contribution in [0.15, 0.2) is 92.6 Å². The Bertz CT molecular complexity index is 1690. The van der Waals surface area contributed by atoms with Crippen molar-refractivity contribution in [3.63, 3.8) is 0 Å². The largest absolute Gasteiger partial charge is 0.489 e. The molecule has 3 heterocycles. The fourth-order valence-electron chi connectivity index (χ4n) is 4.77. The fourth-order valence-corrected chi connectivity index (χ4v) is 4.77. The van der Waals surface area contributed by atoms with E-state index in [0.717, 1.165) is 17.5 Å². The summed E-state index contributed by atoms with van der Waals surface area (Å²) in [6, 6.07) is 23.7. The highest BCUT2D eigenvalue weighted by atomic mass is 16.5. The number of ether oxygens (including phenoxy) is 1. The highest BCUT2D eigenvalue weighted by Gasteiger charge is 2.45. The number of benzene rings is 3. The van der Waals surface area contributed by atoms with E-state index in [4.69, 9.17) is 13.7 Å². The van der Waals surface area contributed by atoms with Crippen LogP contribution >= 0.6 is 0 Å². The van der Waals surface area contributed by atoms with Gasteiger partial charge < -0.3 is 13.7 Å². The van der Waals surface area contributed by atoms with Crippen LogP contribution in [0.4, 0.5) is 5.82 Å². The molecule has 0 saturated heterocycles. The summed E-state index contributed by atoms with van der Waals surface area (Å²) in [6.45, 7) is 4.17. The third-order valence-corrected chi connectivity index (χ3v) is 6.63. The Kier molecular flexibility index (Phi) is 5.60. The normalized spacial score (nSPS) is 14.8. The summed E-state index contributed by atoms with van der Waals surface area (Å²) in [6.07, 6.45) is 0.778. The van der Waals surface area contributed by atoms with E-state index in [9.17, 15) is 9.59 Å². The molecule has 1 atom stereocenters. The Morgan fingerprint density at radius 3 is 2.54 bits per heavy atom. The average molecular weight is 493 g/mol. The SMILES string of the molecule is CCc1ccc2oc3c(c(=O)c2c1)C(c1cccc(OCc2ccccc2)c1)N(c1cc(C)on1)C3=O. The molecule has 7 nitrogen and oxygen atoms in total. The lowest BCUT2D eigenvalue weighted by Gasteiger charge is -2.23. The van der Waals surface area contributed by atoms with E-state index in [1.165, 1.54) is 4.90 Å². The van der Waals surface area contributed by atoms with Crippen molar-refractivity contribution in [2.24, 2.45) is 0 Å². The maximum atomic E-state index is 13.9. The summed E-state index contributed by atoms with van der Waals surface area (Å²) in [5.41, 5.74) is 3.19. The topological polar surface area (TPSA) is 85.8 Å². The number of carbonyl (C=O) groups is 1. The lowest BCUT2D eigenvalue weighted by atomic mass is 9.97. The van der Waals surface area contributed by atoms with Gasteiger partial charge in [-0.25, -0.2) is 0 Å². The van der Waals surface area contributed by atoms with Crippen LogP contribution in [0, 0.1) is 6.92 Å². The van der Waals surface area contributed by atoms with Gasteiger partial charge in [0.15, 0.2) is 11.2 Å². The molecule has 0 bridgehead atoms.